The lowest BCUT2D eigenvalue weighted by Crippen LogP contribution is -2.07. The summed E-state index contributed by atoms with van der Waals surface area (Å²) in [6.45, 7) is 0.569. The van der Waals surface area contributed by atoms with Crippen LogP contribution >= 0.6 is 23.2 Å². The topological polar surface area (TPSA) is 66.0 Å². The summed E-state index contributed by atoms with van der Waals surface area (Å²) in [5.41, 5.74) is 6.40. The van der Waals surface area contributed by atoms with E-state index in [1.165, 1.54) is 6.33 Å². The van der Waals surface area contributed by atoms with E-state index in [1.54, 1.807) is 23.9 Å². The fraction of sp³-hybridized carbons (Fsp3) is 0.273. The maximum absolute atomic E-state index is 6.09. The Morgan fingerprint density at radius 1 is 1.39 bits per heavy atom. The summed E-state index contributed by atoms with van der Waals surface area (Å²) >= 11 is 12.0. The van der Waals surface area contributed by atoms with Gasteiger partial charge in [0.1, 0.15) is 18.7 Å². The van der Waals surface area contributed by atoms with Crippen molar-refractivity contribution in [2.24, 2.45) is 12.8 Å². The van der Waals surface area contributed by atoms with E-state index < -0.39 is 0 Å². The van der Waals surface area contributed by atoms with Gasteiger partial charge in [0.2, 0.25) is 0 Å². The van der Waals surface area contributed by atoms with Crippen LogP contribution in [-0.4, -0.2) is 14.8 Å². The van der Waals surface area contributed by atoms with Gasteiger partial charge in [-0.2, -0.15) is 5.10 Å². The minimum Gasteiger partial charge on any atom is -0.484 e. The molecule has 0 aliphatic heterocycles. The number of hydrogen-bond acceptors (Lipinski definition) is 4. The molecule has 2 N–H and O–H groups in total. The van der Waals surface area contributed by atoms with Gasteiger partial charge < -0.3 is 10.5 Å². The highest BCUT2D eigenvalue weighted by molar-refractivity contribution is 6.35. The van der Waals surface area contributed by atoms with Crippen molar-refractivity contribution in [3.05, 3.63) is 39.9 Å². The molecule has 5 nitrogen and oxygen atoms in total. The molecule has 0 spiro atoms. The zero-order chi connectivity index (χ0) is 13.1. The lowest BCUT2D eigenvalue weighted by Gasteiger charge is -2.12. The quantitative estimate of drug-likeness (QED) is 0.935. The van der Waals surface area contributed by atoms with Gasteiger partial charge in [-0.25, -0.2) is 4.98 Å². The molecule has 1 aromatic heterocycles. The third kappa shape index (κ3) is 2.75. The van der Waals surface area contributed by atoms with Crippen LogP contribution in [0.2, 0.25) is 10.0 Å². The van der Waals surface area contributed by atoms with Crippen LogP contribution in [0.4, 0.5) is 0 Å². The highest BCUT2D eigenvalue weighted by Gasteiger charge is 2.11. The molecule has 7 heteroatoms. The molecule has 1 heterocycles. The Morgan fingerprint density at radius 3 is 2.78 bits per heavy atom. The number of hydrogen-bond donors (Lipinski definition) is 1. The Bertz CT molecular complexity index is 556. The molecule has 2 rings (SSSR count). The van der Waals surface area contributed by atoms with E-state index in [-0.39, 0.29) is 6.61 Å². The van der Waals surface area contributed by atoms with Crippen LogP contribution in [-0.2, 0) is 20.2 Å². The van der Waals surface area contributed by atoms with Gasteiger partial charge in [-0.15, -0.1) is 0 Å². The first kappa shape index (κ1) is 13.1. The van der Waals surface area contributed by atoms with Gasteiger partial charge >= 0.3 is 0 Å². The minimum absolute atomic E-state index is 0.269. The normalized spacial score (nSPS) is 10.7. The van der Waals surface area contributed by atoms with Crippen LogP contribution in [0, 0.1) is 0 Å². The van der Waals surface area contributed by atoms with Gasteiger partial charge in [0.05, 0.1) is 5.02 Å². The second-order valence-electron chi connectivity index (χ2n) is 3.67. The largest absolute Gasteiger partial charge is 0.484 e. The average molecular weight is 287 g/mol. The molecule has 0 saturated carbocycles. The molecule has 1 aromatic carbocycles. The maximum atomic E-state index is 6.09. The molecule has 18 heavy (non-hydrogen) atoms. The third-order valence-electron chi connectivity index (χ3n) is 2.46. The van der Waals surface area contributed by atoms with E-state index in [1.807, 2.05) is 0 Å². The van der Waals surface area contributed by atoms with Crippen LogP contribution in [0.3, 0.4) is 0 Å². The van der Waals surface area contributed by atoms with Gasteiger partial charge in [-0.3, -0.25) is 4.68 Å². The van der Waals surface area contributed by atoms with Crippen molar-refractivity contribution < 1.29 is 4.74 Å². The lowest BCUT2D eigenvalue weighted by atomic mass is 10.2. The lowest BCUT2D eigenvalue weighted by molar-refractivity contribution is 0.287. The zero-order valence-corrected chi connectivity index (χ0v) is 11.2. The summed E-state index contributed by atoms with van der Waals surface area (Å²) < 4.78 is 7.28. The summed E-state index contributed by atoms with van der Waals surface area (Å²) in [5.74, 6) is 1.23. The number of nitrogens with zero attached hydrogens (tertiary/aromatic N) is 3. The molecule has 0 radical (unpaired) electrons. The monoisotopic (exact) mass is 286 g/mol. The number of halogens is 2. The minimum atomic E-state index is 0.269. The second-order valence-corrected chi connectivity index (χ2v) is 4.51. The van der Waals surface area contributed by atoms with Crippen molar-refractivity contribution in [1.82, 2.24) is 14.8 Å². The van der Waals surface area contributed by atoms with Gasteiger partial charge in [-0.05, 0) is 12.1 Å². The van der Waals surface area contributed by atoms with Gasteiger partial charge in [-0.1, -0.05) is 23.2 Å². The molecule has 0 aliphatic rings. The average Bonchev–Trinajstić information content (AvgIpc) is 2.73. The Labute approximate surface area is 114 Å². The first-order valence-corrected chi connectivity index (χ1v) is 6.01. The maximum Gasteiger partial charge on any atom is 0.164 e. The van der Waals surface area contributed by atoms with Crippen molar-refractivity contribution in [2.45, 2.75) is 13.2 Å². The molecule has 96 valence electrons. The summed E-state index contributed by atoms with van der Waals surface area (Å²) in [5, 5.41) is 4.92. The SMILES string of the molecule is Cn1ncnc1COc1c(Cl)cc(Cl)cc1CN. The Kier molecular flexibility index (Phi) is 4.06. The van der Waals surface area contributed by atoms with Crippen LogP contribution in [0.1, 0.15) is 11.4 Å². The Hall–Kier alpha value is -1.30. The summed E-state index contributed by atoms with van der Waals surface area (Å²) in [7, 11) is 1.79. The molecule has 0 unspecified atom stereocenters. The first-order valence-electron chi connectivity index (χ1n) is 5.25. The molecule has 0 bridgehead atoms. The van der Waals surface area contributed by atoms with E-state index >= 15 is 0 Å². The van der Waals surface area contributed by atoms with Gasteiger partial charge in [0.25, 0.3) is 0 Å². The number of aromatic nitrogens is 3. The van der Waals surface area contributed by atoms with E-state index in [4.69, 9.17) is 33.7 Å². The van der Waals surface area contributed by atoms with Crippen molar-refractivity contribution in [3.8, 4) is 5.75 Å². The molecule has 0 fully saturated rings. The van der Waals surface area contributed by atoms with Gasteiger partial charge in [0.15, 0.2) is 5.82 Å². The summed E-state index contributed by atoms with van der Waals surface area (Å²) in [6.07, 6.45) is 1.46. The number of rotatable bonds is 4. The molecule has 0 atom stereocenters. The molecule has 2 aromatic rings. The van der Waals surface area contributed by atoms with E-state index in [2.05, 4.69) is 10.1 Å². The Balaban J connectivity index is 2.21. The standard InChI is InChI=1S/C11H12Cl2N4O/c1-17-10(15-6-16-17)5-18-11-7(4-14)2-8(12)3-9(11)13/h2-3,6H,4-5,14H2,1H3. The van der Waals surface area contributed by atoms with Crippen molar-refractivity contribution in [1.29, 1.82) is 0 Å². The van der Waals surface area contributed by atoms with Gasteiger partial charge in [0, 0.05) is 24.2 Å². The fourth-order valence-electron chi connectivity index (χ4n) is 1.51. The predicted molar refractivity (Wildman–Crippen MR) is 69.7 cm³/mol. The number of benzene rings is 1. The number of aryl methyl sites for hydroxylation is 1. The molecule has 0 aliphatic carbocycles. The molecular formula is C11H12Cl2N4O. The Morgan fingerprint density at radius 2 is 2.17 bits per heavy atom. The molecule has 0 amide bonds. The van der Waals surface area contributed by atoms with E-state index in [9.17, 15) is 0 Å². The van der Waals surface area contributed by atoms with E-state index in [0.717, 1.165) is 5.56 Å². The number of ether oxygens (including phenoxy) is 1. The summed E-state index contributed by atoms with van der Waals surface area (Å²) in [6, 6.07) is 3.35. The van der Waals surface area contributed by atoms with Crippen molar-refractivity contribution >= 4 is 23.2 Å². The first-order chi connectivity index (χ1) is 8.61. The van der Waals surface area contributed by atoms with E-state index in [0.29, 0.717) is 28.2 Å². The predicted octanol–water partition coefficient (Wildman–Crippen LogP) is 2.16. The smallest absolute Gasteiger partial charge is 0.164 e. The summed E-state index contributed by atoms with van der Waals surface area (Å²) in [4.78, 5) is 4.06. The third-order valence-corrected chi connectivity index (χ3v) is 2.95. The second kappa shape index (κ2) is 5.56. The van der Waals surface area contributed by atoms with Crippen LogP contribution in [0.5, 0.6) is 5.75 Å². The van der Waals surface area contributed by atoms with Crippen molar-refractivity contribution in [2.75, 3.05) is 0 Å². The van der Waals surface area contributed by atoms with Crippen LogP contribution in [0.15, 0.2) is 18.5 Å². The molecule has 0 saturated heterocycles. The van der Waals surface area contributed by atoms with Crippen molar-refractivity contribution in [3.63, 3.8) is 0 Å². The highest BCUT2D eigenvalue weighted by Crippen LogP contribution is 2.32. The van der Waals surface area contributed by atoms with Crippen LogP contribution in [0.25, 0.3) is 0 Å². The fourth-order valence-corrected chi connectivity index (χ4v) is 2.10. The van der Waals surface area contributed by atoms with Crippen LogP contribution < -0.4 is 10.5 Å². The highest BCUT2D eigenvalue weighted by atomic mass is 35.5. The zero-order valence-electron chi connectivity index (χ0n) is 9.73. The number of nitrogens with two attached hydrogens (primary N) is 1. The molecular weight excluding hydrogens is 275 g/mol.